The number of rotatable bonds is 3. The first-order chi connectivity index (χ1) is 8.95. The third kappa shape index (κ3) is 4.02. The molecular weight excluding hydrogens is 396 g/mol. The molecule has 0 saturated carbocycles. The van der Waals surface area contributed by atoms with Crippen molar-refractivity contribution in [1.29, 1.82) is 0 Å². The van der Waals surface area contributed by atoms with Crippen LogP contribution in [0.2, 0.25) is 5.02 Å². The highest BCUT2D eigenvalue weighted by molar-refractivity contribution is 9.10. The van der Waals surface area contributed by atoms with Gasteiger partial charge in [0.25, 0.3) is 0 Å². The molecule has 1 atom stereocenters. The second-order valence-corrected chi connectivity index (χ2v) is 6.46. The van der Waals surface area contributed by atoms with Gasteiger partial charge >= 0.3 is 0 Å². The minimum atomic E-state index is -0.276. The van der Waals surface area contributed by atoms with Crippen LogP contribution < -0.4 is 5.73 Å². The lowest BCUT2D eigenvalue weighted by Crippen LogP contribution is -2.14. The molecule has 5 heteroatoms. The summed E-state index contributed by atoms with van der Waals surface area (Å²) in [5, 5.41) is 0.633. The first kappa shape index (κ1) is 15.0. The molecule has 0 fully saturated rings. The molecule has 0 aromatic heterocycles. The molecule has 0 saturated heterocycles. The monoisotopic (exact) mass is 405 g/mol. The summed E-state index contributed by atoms with van der Waals surface area (Å²) in [6.45, 7) is 0. The van der Waals surface area contributed by atoms with E-state index in [2.05, 4.69) is 31.9 Å². The fourth-order valence-corrected chi connectivity index (χ4v) is 3.13. The van der Waals surface area contributed by atoms with Gasteiger partial charge in [-0.3, -0.25) is 0 Å². The van der Waals surface area contributed by atoms with Gasteiger partial charge in [-0.15, -0.1) is 0 Å². The van der Waals surface area contributed by atoms with E-state index in [0.717, 1.165) is 15.6 Å². The fraction of sp³-hybridized carbons (Fsp3) is 0.143. The number of halogens is 4. The average Bonchev–Trinajstić information content (AvgIpc) is 2.30. The van der Waals surface area contributed by atoms with Gasteiger partial charge in [0.15, 0.2) is 0 Å². The molecule has 2 aromatic carbocycles. The molecule has 0 radical (unpaired) electrons. The summed E-state index contributed by atoms with van der Waals surface area (Å²) < 4.78 is 14.9. The second kappa shape index (κ2) is 6.35. The van der Waals surface area contributed by atoms with Gasteiger partial charge < -0.3 is 5.73 Å². The summed E-state index contributed by atoms with van der Waals surface area (Å²) in [6, 6.07) is 10.0. The van der Waals surface area contributed by atoms with Gasteiger partial charge in [0, 0.05) is 20.0 Å². The van der Waals surface area contributed by atoms with Gasteiger partial charge in [0.05, 0.1) is 0 Å². The molecule has 0 aliphatic rings. The Kier molecular flexibility index (Phi) is 5.01. The Morgan fingerprint density at radius 3 is 2.58 bits per heavy atom. The lowest BCUT2D eigenvalue weighted by Gasteiger charge is -2.15. The normalized spacial score (nSPS) is 12.5. The molecule has 1 unspecified atom stereocenters. The van der Waals surface area contributed by atoms with Crippen molar-refractivity contribution in [3.8, 4) is 0 Å². The zero-order valence-corrected chi connectivity index (χ0v) is 13.8. The lowest BCUT2D eigenvalue weighted by atomic mass is 10.00. The van der Waals surface area contributed by atoms with Crippen molar-refractivity contribution in [2.75, 3.05) is 0 Å². The van der Waals surface area contributed by atoms with E-state index < -0.39 is 0 Å². The summed E-state index contributed by atoms with van der Waals surface area (Å²) in [5.41, 5.74) is 7.92. The quantitative estimate of drug-likeness (QED) is 0.739. The molecule has 0 heterocycles. The Morgan fingerprint density at radius 2 is 1.89 bits per heavy atom. The maximum atomic E-state index is 13.3. The van der Waals surface area contributed by atoms with Crippen LogP contribution in [0.15, 0.2) is 45.3 Å². The van der Waals surface area contributed by atoms with Gasteiger partial charge in [-0.05, 0) is 53.9 Å². The fourth-order valence-electron chi connectivity index (χ4n) is 1.89. The third-order valence-corrected chi connectivity index (χ3v) is 4.15. The number of hydrogen-bond donors (Lipinski definition) is 1. The van der Waals surface area contributed by atoms with Crippen LogP contribution >= 0.6 is 43.5 Å². The molecule has 19 heavy (non-hydrogen) atoms. The van der Waals surface area contributed by atoms with Crippen molar-refractivity contribution < 1.29 is 4.39 Å². The molecule has 0 aliphatic heterocycles. The predicted molar refractivity (Wildman–Crippen MR) is 83.9 cm³/mol. The minimum Gasteiger partial charge on any atom is -0.324 e. The SMILES string of the molecule is NC(Cc1cc(F)cc(Br)c1)c1cc(Cl)ccc1Br. The third-order valence-electron chi connectivity index (χ3n) is 2.74. The Bertz CT molecular complexity index is 584. The van der Waals surface area contributed by atoms with Crippen LogP contribution in [-0.2, 0) is 6.42 Å². The zero-order valence-electron chi connectivity index (χ0n) is 9.84. The van der Waals surface area contributed by atoms with Gasteiger partial charge in [-0.2, -0.15) is 0 Å². The molecule has 2 N–H and O–H groups in total. The number of hydrogen-bond acceptors (Lipinski definition) is 1. The van der Waals surface area contributed by atoms with Crippen molar-refractivity contribution in [3.63, 3.8) is 0 Å². The van der Waals surface area contributed by atoms with Crippen LogP contribution in [0.4, 0.5) is 4.39 Å². The second-order valence-electron chi connectivity index (χ2n) is 4.25. The Labute approximate surface area is 133 Å². The molecule has 1 nitrogen and oxygen atoms in total. The van der Waals surface area contributed by atoms with Gasteiger partial charge in [-0.25, -0.2) is 4.39 Å². The van der Waals surface area contributed by atoms with E-state index in [1.807, 2.05) is 18.2 Å². The Balaban J connectivity index is 2.25. The molecule has 0 spiro atoms. The van der Waals surface area contributed by atoms with E-state index in [0.29, 0.717) is 15.9 Å². The standard InChI is InChI=1S/C14H11Br2ClFN/c15-9-3-8(4-11(18)6-9)5-14(19)12-7-10(17)1-2-13(12)16/h1-4,6-7,14H,5,19H2. The van der Waals surface area contributed by atoms with Crippen molar-refractivity contribution in [1.82, 2.24) is 0 Å². The van der Waals surface area contributed by atoms with Crippen molar-refractivity contribution in [2.45, 2.75) is 12.5 Å². The maximum absolute atomic E-state index is 13.3. The van der Waals surface area contributed by atoms with Crippen LogP contribution in [0, 0.1) is 5.82 Å². The topological polar surface area (TPSA) is 26.0 Å². The molecular formula is C14H11Br2ClFN. The summed E-state index contributed by atoms with van der Waals surface area (Å²) in [6.07, 6.45) is 0.537. The Hall–Kier alpha value is -0.420. The van der Waals surface area contributed by atoms with E-state index in [1.165, 1.54) is 12.1 Å². The summed E-state index contributed by atoms with van der Waals surface area (Å²) in [5.74, 6) is -0.276. The first-order valence-corrected chi connectivity index (χ1v) is 7.57. The summed E-state index contributed by atoms with van der Waals surface area (Å²) in [4.78, 5) is 0. The van der Waals surface area contributed by atoms with Crippen LogP contribution in [-0.4, -0.2) is 0 Å². The average molecular weight is 408 g/mol. The molecule has 0 amide bonds. The van der Waals surface area contributed by atoms with E-state index in [1.54, 1.807) is 6.07 Å². The summed E-state index contributed by atoms with van der Waals surface area (Å²) in [7, 11) is 0. The van der Waals surface area contributed by atoms with Crippen molar-refractivity contribution >= 4 is 43.5 Å². The van der Waals surface area contributed by atoms with Gasteiger partial charge in [0.1, 0.15) is 5.82 Å². The van der Waals surface area contributed by atoms with Crippen LogP contribution in [0.1, 0.15) is 17.2 Å². The van der Waals surface area contributed by atoms with Gasteiger partial charge in [0.2, 0.25) is 0 Å². The van der Waals surface area contributed by atoms with E-state index in [4.69, 9.17) is 17.3 Å². The molecule has 100 valence electrons. The smallest absolute Gasteiger partial charge is 0.124 e. The number of benzene rings is 2. The first-order valence-electron chi connectivity index (χ1n) is 5.61. The number of nitrogens with two attached hydrogens (primary N) is 1. The van der Waals surface area contributed by atoms with Crippen molar-refractivity contribution in [3.05, 3.63) is 67.3 Å². The highest BCUT2D eigenvalue weighted by Crippen LogP contribution is 2.28. The lowest BCUT2D eigenvalue weighted by molar-refractivity contribution is 0.621. The Morgan fingerprint density at radius 1 is 1.16 bits per heavy atom. The summed E-state index contributed by atoms with van der Waals surface area (Å²) >= 11 is 12.7. The zero-order chi connectivity index (χ0) is 14.0. The molecule has 2 rings (SSSR count). The minimum absolute atomic E-state index is 0.248. The van der Waals surface area contributed by atoms with Crippen molar-refractivity contribution in [2.24, 2.45) is 5.73 Å². The maximum Gasteiger partial charge on any atom is 0.124 e. The molecule has 0 bridgehead atoms. The van der Waals surface area contributed by atoms with Crippen LogP contribution in [0.5, 0.6) is 0 Å². The van der Waals surface area contributed by atoms with Crippen LogP contribution in [0.25, 0.3) is 0 Å². The molecule has 0 aliphatic carbocycles. The highest BCUT2D eigenvalue weighted by Gasteiger charge is 2.12. The largest absolute Gasteiger partial charge is 0.324 e. The predicted octanol–water partition coefficient (Wildman–Crippen LogP) is 5.25. The van der Waals surface area contributed by atoms with E-state index in [-0.39, 0.29) is 11.9 Å². The van der Waals surface area contributed by atoms with E-state index >= 15 is 0 Å². The highest BCUT2D eigenvalue weighted by atomic mass is 79.9. The van der Waals surface area contributed by atoms with Gasteiger partial charge in [-0.1, -0.05) is 43.5 Å². The van der Waals surface area contributed by atoms with Crippen LogP contribution in [0.3, 0.4) is 0 Å². The van der Waals surface area contributed by atoms with E-state index in [9.17, 15) is 4.39 Å². The molecule has 2 aromatic rings.